The molecule has 0 bridgehead atoms. The lowest BCUT2D eigenvalue weighted by atomic mass is 9.66. The van der Waals surface area contributed by atoms with Crippen molar-refractivity contribution in [3.8, 4) is 0 Å². The van der Waals surface area contributed by atoms with Crippen molar-refractivity contribution in [3.63, 3.8) is 0 Å². The van der Waals surface area contributed by atoms with Crippen LogP contribution in [0, 0.1) is 5.41 Å². The molecule has 1 spiro atoms. The first-order chi connectivity index (χ1) is 9.16. The van der Waals surface area contributed by atoms with Crippen molar-refractivity contribution in [1.82, 2.24) is 0 Å². The van der Waals surface area contributed by atoms with Crippen molar-refractivity contribution in [2.24, 2.45) is 5.41 Å². The maximum absolute atomic E-state index is 11.0. The van der Waals surface area contributed by atoms with Gasteiger partial charge < -0.3 is 5.11 Å². The first kappa shape index (κ1) is 13.2. The van der Waals surface area contributed by atoms with Gasteiger partial charge in [-0.3, -0.25) is 0 Å². The van der Waals surface area contributed by atoms with Gasteiger partial charge in [-0.1, -0.05) is 44.0 Å². The first-order valence-corrected chi connectivity index (χ1v) is 7.98. The second-order valence-electron chi connectivity index (χ2n) is 6.79. The number of aryl methyl sites for hydroxylation is 1. The van der Waals surface area contributed by atoms with Gasteiger partial charge in [0.2, 0.25) is 0 Å². The van der Waals surface area contributed by atoms with Gasteiger partial charge in [0, 0.05) is 0 Å². The highest BCUT2D eigenvalue weighted by atomic mass is 16.3. The smallest absolute Gasteiger partial charge is 0.0897 e. The van der Waals surface area contributed by atoms with Crippen LogP contribution in [0.15, 0.2) is 24.3 Å². The predicted octanol–water partition coefficient (Wildman–Crippen LogP) is 4.57. The lowest BCUT2D eigenvalue weighted by Gasteiger charge is -2.42. The molecule has 2 aliphatic rings. The molecule has 2 fully saturated rings. The van der Waals surface area contributed by atoms with Gasteiger partial charge in [-0.05, 0) is 61.5 Å². The van der Waals surface area contributed by atoms with Crippen molar-refractivity contribution < 1.29 is 5.11 Å². The van der Waals surface area contributed by atoms with Crippen LogP contribution < -0.4 is 0 Å². The molecule has 0 radical (unpaired) electrons. The Balaban J connectivity index is 1.77. The van der Waals surface area contributed by atoms with Crippen LogP contribution in [0.2, 0.25) is 0 Å². The Morgan fingerprint density at radius 1 is 1.00 bits per heavy atom. The Labute approximate surface area is 117 Å². The van der Waals surface area contributed by atoms with E-state index in [0.29, 0.717) is 5.41 Å². The highest BCUT2D eigenvalue weighted by Crippen LogP contribution is 2.53. The molecule has 0 aromatic heterocycles. The van der Waals surface area contributed by atoms with Crippen LogP contribution in [-0.4, -0.2) is 5.11 Å². The quantitative estimate of drug-likeness (QED) is 0.823. The Bertz CT molecular complexity index is 433. The first-order valence-electron chi connectivity index (χ1n) is 7.98. The molecule has 1 heteroatoms. The summed E-state index contributed by atoms with van der Waals surface area (Å²) >= 11 is 0. The lowest BCUT2D eigenvalue weighted by Crippen LogP contribution is -2.36. The van der Waals surface area contributed by atoms with Crippen LogP contribution in [0.3, 0.4) is 0 Å². The summed E-state index contributed by atoms with van der Waals surface area (Å²) < 4.78 is 0. The summed E-state index contributed by atoms with van der Waals surface area (Å²) in [7, 11) is 0. The van der Waals surface area contributed by atoms with Crippen LogP contribution in [0.25, 0.3) is 0 Å². The molecule has 19 heavy (non-hydrogen) atoms. The third-order valence-electron chi connectivity index (χ3n) is 5.67. The Kier molecular flexibility index (Phi) is 3.42. The third-order valence-corrected chi connectivity index (χ3v) is 5.67. The normalized spacial score (nSPS) is 24.7. The summed E-state index contributed by atoms with van der Waals surface area (Å²) in [6.07, 6.45) is 11.0. The molecule has 0 unspecified atom stereocenters. The van der Waals surface area contributed by atoms with Crippen LogP contribution in [0.5, 0.6) is 0 Å². The zero-order chi connectivity index (χ0) is 13.3. The second-order valence-corrected chi connectivity index (χ2v) is 6.79. The summed E-state index contributed by atoms with van der Waals surface area (Å²) in [5.41, 5.74) is 2.53. The molecule has 1 aromatic rings. The van der Waals surface area contributed by atoms with Crippen molar-refractivity contribution in [3.05, 3.63) is 35.4 Å². The van der Waals surface area contributed by atoms with E-state index in [-0.39, 0.29) is 0 Å². The van der Waals surface area contributed by atoms with Crippen molar-refractivity contribution in [2.45, 2.75) is 70.3 Å². The van der Waals surface area contributed by atoms with Crippen molar-refractivity contribution in [2.75, 3.05) is 0 Å². The van der Waals surface area contributed by atoms with Gasteiger partial charge in [-0.15, -0.1) is 0 Å². The molecule has 2 saturated carbocycles. The zero-order valence-electron chi connectivity index (χ0n) is 12.1. The Morgan fingerprint density at radius 3 is 2.32 bits per heavy atom. The fourth-order valence-corrected chi connectivity index (χ4v) is 4.19. The molecule has 0 aliphatic heterocycles. The number of benzene rings is 1. The highest BCUT2D eigenvalue weighted by Gasteiger charge is 2.43. The van der Waals surface area contributed by atoms with Gasteiger partial charge in [-0.25, -0.2) is 0 Å². The summed E-state index contributed by atoms with van der Waals surface area (Å²) in [5, 5.41) is 11.0. The highest BCUT2D eigenvalue weighted by molar-refractivity contribution is 5.29. The molecule has 1 aromatic carbocycles. The largest absolute Gasteiger partial charge is 0.385 e. The Hall–Kier alpha value is -0.820. The summed E-state index contributed by atoms with van der Waals surface area (Å²) in [6, 6.07) is 8.60. The van der Waals surface area contributed by atoms with E-state index in [1.165, 1.54) is 44.1 Å². The molecule has 2 aliphatic carbocycles. The van der Waals surface area contributed by atoms with Crippen LogP contribution in [0.4, 0.5) is 0 Å². The summed E-state index contributed by atoms with van der Waals surface area (Å²) in [5.74, 6) is 0. The number of hydrogen-bond acceptors (Lipinski definition) is 1. The average Bonchev–Trinajstić information content (AvgIpc) is 2.92. The van der Waals surface area contributed by atoms with E-state index < -0.39 is 5.60 Å². The average molecular weight is 258 g/mol. The molecule has 1 nitrogen and oxygen atoms in total. The fourth-order valence-electron chi connectivity index (χ4n) is 4.19. The minimum absolute atomic E-state index is 0.557. The van der Waals surface area contributed by atoms with E-state index in [4.69, 9.17) is 0 Å². The molecule has 0 saturated heterocycles. The maximum atomic E-state index is 11.0. The van der Waals surface area contributed by atoms with E-state index in [1.807, 2.05) is 0 Å². The van der Waals surface area contributed by atoms with Gasteiger partial charge >= 0.3 is 0 Å². The molecule has 0 amide bonds. The zero-order valence-corrected chi connectivity index (χ0v) is 12.1. The minimum atomic E-state index is -0.557. The van der Waals surface area contributed by atoms with Gasteiger partial charge in [-0.2, -0.15) is 0 Å². The SMILES string of the molecule is CCc1cccc(C2(O)CCC3(CCCC3)CC2)c1. The van der Waals surface area contributed by atoms with Gasteiger partial charge in [0.15, 0.2) is 0 Å². The number of aliphatic hydroxyl groups is 1. The van der Waals surface area contributed by atoms with E-state index in [1.54, 1.807) is 0 Å². The maximum Gasteiger partial charge on any atom is 0.0897 e. The van der Waals surface area contributed by atoms with Crippen LogP contribution in [0.1, 0.15) is 69.4 Å². The standard InChI is InChI=1S/C18H26O/c1-2-15-6-5-7-16(14-15)18(19)12-10-17(11-13-18)8-3-4-9-17/h5-7,14,19H,2-4,8-13H2,1H3. The summed E-state index contributed by atoms with van der Waals surface area (Å²) in [4.78, 5) is 0. The van der Waals surface area contributed by atoms with Crippen LogP contribution >= 0.6 is 0 Å². The van der Waals surface area contributed by atoms with E-state index in [9.17, 15) is 5.11 Å². The van der Waals surface area contributed by atoms with Crippen molar-refractivity contribution in [1.29, 1.82) is 0 Å². The van der Waals surface area contributed by atoms with Gasteiger partial charge in [0.25, 0.3) is 0 Å². The molecule has 104 valence electrons. The Morgan fingerprint density at radius 2 is 1.68 bits per heavy atom. The second kappa shape index (κ2) is 4.94. The monoisotopic (exact) mass is 258 g/mol. The molecule has 3 rings (SSSR count). The molecule has 1 N–H and O–H groups in total. The van der Waals surface area contributed by atoms with Crippen LogP contribution in [-0.2, 0) is 12.0 Å². The van der Waals surface area contributed by atoms with Gasteiger partial charge in [0.1, 0.15) is 0 Å². The topological polar surface area (TPSA) is 20.2 Å². The van der Waals surface area contributed by atoms with E-state index in [0.717, 1.165) is 24.8 Å². The van der Waals surface area contributed by atoms with Crippen molar-refractivity contribution >= 4 is 0 Å². The molecule has 0 heterocycles. The third kappa shape index (κ3) is 2.45. The van der Waals surface area contributed by atoms with Gasteiger partial charge in [0.05, 0.1) is 5.60 Å². The lowest BCUT2D eigenvalue weighted by molar-refractivity contribution is -0.0376. The fraction of sp³-hybridized carbons (Fsp3) is 0.667. The molecular formula is C18H26O. The summed E-state index contributed by atoms with van der Waals surface area (Å²) in [6.45, 7) is 2.18. The van der Waals surface area contributed by atoms with E-state index in [2.05, 4.69) is 31.2 Å². The van der Waals surface area contributed by atoms with E-state index >= 15 is 0 Å². The predicted molar refractivity (Wildman–Crippen MR) is 79.1 cm³/mol. The molecular weight excluding hydrogens is 232 g/mol. The number of rotatable bonds is 2. The number of hydrogen-bond donors (Lipinski definition) is 1. The molecule has 0 atom stereocenters. The minimum Gasteiger partial charge on any atom is -0.385 e.